The number of methoxy groups -OCH3 is 1. The Morgan fingerprint density at radius 1 is 1.22 bits per heavy atom. The molecule has 0 aliphatic rings. The summed E-state index contributed by atoms with van der Waals surface area (Å²) in [6.45, 7) is 0. The van der Waals surface area contributed by atoms with Gasteiger partial charge in [0.25, 0.3) is 5.69 Å². The maximum Gasteiger partial charge on any atom is 0.269 e. The van der Waals surface area contributed by atoms with Gasteiger partial charge in [-0.3, -0.25) is 14.9 Å². The van der Waals surface area contributed by atoms with E-state index in [1.807, 2.05) is 24.3 Å². The molecule has 27 heavy (non-hydrogen) atoms. The molecule has 1 N–H and O–H groups in total. The number of thiazole rings is 1. The third kappa shape index (κ3) is 5.05. The highest BCUT2D eigenvalue weighted by Gasteiger charge is 2.10. The van der Waals surface area contributed by atoms with Crippen molar-refractivity contribution in [2.24, 2.45) is 0 Å². The summed E-state index contributed by atoms with van der Waals surface area (Å²) in [4.78, 5) is 27.7. The lowest BCUT2D eigenvalue weighted by Gasteiger charge is -2.03. The van der Waals surface area contributed by atoms with Gasteiger partial charge in [0.2, 0.25) is 5.91 Å². The lowest BCUT2D eigenvalue weighted by Crippen LogP contribution is -2.13. The summed E-state index contributed by atoms with van der Waals surface area (Å²) >= 11 is 2.73. The lowest BCUT2D eigenvalue weighted by molar-refractivity contribution is -0.384. The molecular formula is C18H15N3O4S2. The lowest BCUT2D eigenvalue weighted by atomic mass is 10.1. The highest BCUT2D eigenvalue weighted by molar-refractivity contribution is 8.00. The summed E-state index contributed by atoms with van der Waals surface area (Å²) < 4.78 is 5.10. The number of non-ortho nitro benzene ring substituents is 1. The van der Waals surface area contributed by atoms with E-state index in [1.54, 1.807) is 24.6 Å². The minimum atomic E-state index is -0.447. The van der Waals surface area contributed by atoms with Crippen molar-refractivity contribution >= 4 is 39.8 Å². The Balaban J connectivity index is 1.56. The van der Waals surface area contributed by atoms with Crippen LogP contribution in [0.5, 0.6) is 5.75 Å². The number of ether oxygens (including phenoxy) is 1. The number of nitro groups is 1. The summed E-state index contributed by atoms with van der Waals surface area (Å²) in [7, 11) is 1.61. The van der Waals surface area contributed by atoms with Crippen molar-refractivity contribution in [2.45, 2.75) is 4.90 Å². The van der Waals surface area contributed by atoms with Gasteiger partial charge in [-0.05, 0) is 36.4 Å². The van der Waals surface area contributed by atoms with Gasteiger partial charge in [0.05, 0.1) is 23.5 Å². The summed E-state index contributed by atoms with van der Waals surface area (Å²) in [5.74, 6) is 0.879. The summed E-state index contributed by atoms with van der Waals surface area (Å²) in [5, 5.41) is 15.8. The van der Waals surface area contributed by atoms with Gasteiger partial charge in [0.15, 0.2) is 5.13 Å². The largest absolute Gasteiger partial charge is 0.497 e. The summed E-state index contributed by atoms with van der Waals surface area (Å²) in [6.07, 6.45) is 0. The molecule has 0 aliphatic heterocycles. The summed E-state index contributed by atoms with van der Waals surface area (Å²) in [5.41, 5.74) is 1.44. The second-order valence-corrected chi connectivity index (χ2v) is 7.26. The second kappa shape index (κ2) is 8.65. The van der Waals surface area contributed by atoms with Crippen molar-refractivity contribution in [2.75, 3.05) is 18.2 Å². The van der Waals surface area contributed by atoms with Gasteiger partial charge in [-0.25, -0.2) is 4.98 Å². The predicted octanol–water partition coefficient (Wildman–Crippen LogP) is 4.46. The van der Waals surface area contributed by atoms with E-state index < -0.39 is 4.92 Å². The van der Waals surface area contributed by atoms with Crippen LogP contribution in [0, 0.1) is 10.1 Å². The summed E-state index contributed by atoms with van der Waals surface area (Å²) in [6, 6.07) is 13.6. The predicted molar refractivity (Wildman–Crippen MR) is 107 cm³/mol. The topological polar surface area (TPSA) is 94.4 Å². The van der Waals surface area contributed by atoms with Crippen molar-refractivity contribution < 1.29 is 14.5 Å². The molecule has 1 aromatic heterocycles. The van der Waals surface area contributed by atoms with Crippen molar-refractivity contribution in [3.05, 3.63) is 64.0 Å². The van der Waals surface area contributed by atoms with E-state index in [0.29, 0.717) is 10.8 Å². The second-order valence-electron chi connectivity index (χ2n) is 5.35. The van der Waals surface area contributed by atoms with Gasteiger partial charge in [-0.15, -0.1) is 23.1 Å². The van der Waals surface area contributed by atoms with Crippen molar-refractivity contribution in [3.63, 3.8) is 0 Å². The maximum atomic E-state index is 12.1. The fraction of sp³-hybridized carbons (Fsp3) is 0.111. The van der Waals surface area contributed by atoms with Gasteiger partial charge in [-0.1, -0.05) is 0 Å². The molecule has 0 aliphatic carbocycles. The molecule has 0 unspecified atom stereocenters. The maximum absolute atomic E-state index is 12.1. The molecule has 0 saturated heterocycles. The van der Waals surface area contributed by atoms with Crippen LogP contribution in [-0.2, 0) is 4.79 Å². The Morgan fingerprint density at radius 2 is 1.93 bits per heavy atom. The number of anilines is 1. The zero-order chi connectivity index (χ0) is 19.2. The molecule has 0 spiro atoms. The number of hydrogen-bond acceptors (Lipinski definition) is 7. The molecule has 1 heterocycles. The van der Waals surface area contributed by atoms with Crippen LogP contribution in [0.1, 0.15) is 0 Å². The first-order valence-corrected chi connectivity index (χ1v) is 9.69. The third-order valence-corrected chi connectivity index (χ3v) is 5.32. The fourth-order valence-corrected chi connectivity index (χ4v) is 3.63. The minimum Gasteiger partial charge on any atom is -0.497 e. The molecule has 0 radical (unpaired) electrons. The molecular weight excluding hydrogens is 386 g/mol. The zero-order valence-corrected chi connectivity index (χ0v) is 15.9. The van der Waals surface area contributed by atoms with E-state index in [-0.39, 0.29) is 17.3 Å². The SMILES string of the molecule is COc1ccc(SCC(=O)Nc2nc(-c3ccc([N+](=O)[O-])cc3)cs2)cc1. The molecule has 3 aromatic rings. The molecule has 0 bridgehead atoms. The molecule has 2 aromatic carbocycles. The molecule has 1 amide bonds. The van der Waals surface area contributed by atoms with Crippen molar-refractivity contribution in [1.29, 1.82) is 0 Å². The Labute approximate surface area is 163 Å². The van der Waals surface area contributed by atoms with E-state index >= 15 is 0 Å². The van der Waals surface area contributed by atoms with Crippen molar-refractivity contribution in [3.8, 4) is 17.0 Å². The number of nitro benzene ring substituents is 1. The molecule has 7 nitrogen and oxygen atoms in total. The van der Waals surface area contributed by atoms with Crippen LogP contribution in [0.3, 0.4) is 0 Å². The quantitative estimate of drug-likeness (QED) is 0.357. The number of thioether (sulfide) groups is 1. The Bertz CT molecular complexity index is 940. The molecule has 0 fully saturated rings. The van der Waals surface area contributed by atoms with Crippen LogP contribution < -0.4 is 10.1 Å². The number of aromatic nitrogens is 1. The van der Waals surface area contributed by atoms with Gasteiger partial charge in [0, 0.05) is 28.0 Å². The number of amides is 1. The smallest absolute Gasteiger partial charge is 0.269 e. The van der Waals surface area contributed by atoms with Gasteiger partial charge < -0.3 is 10.1 Å². The van der Waals surface area contributed by atoms with E-state index in [0.717, 1.165) is 16.2 Å². The van der Waals surface area contributed by atoms with Gasteiger partial charge in [-0.2, -0.15) is 0 Å². The zero-order valence-electron chi connectivity index (χ0n) is 14.2. The average Bonchev–Trinajstić information content (AvgIpc) is 3.15. The van der Waals surface area contributed by atoms with Crippen LogP contribution in [0.15, 0.2) is 58.8 Å². The number of benzene rings is 2. The molecule has 9 heteroatoms. The number of nitrogens with zero attached hydrogens (tertiary/aromatic N) is 2. The van der Waals surface area contributed by atoms with E-state index in [1.165, 1.54) is 35.2 Å². The highest BCUT2D eigenvalue weighted by atomic mass is 32.2. The molecule has 0 atom stereocenters. The van der Waals surface area contributed by atoms with Gasteiger partial charge in [0.1, 0.15) is 5.75 Å². The first-order chi connectivity index (χ1) is 13.0. The molecule has 138 valence electrons. The number of rotatable bonds is 7. The Morgan fingerprint density at radius 3 is 2.56 bits per heavy atom. The van der Waals surface area contributed by atoms with Crippen LogP contribution >= 0.6 is 23.1 Å². The van der Waals surface area contributed by atoms with E-state index in [4.69, 9.17) is 4.74 Å². The minimum absolute atomic E-state index is 0.0260. The van der Waals surface area contributed by atoms with Crippen LogP contribution in [0.2, 0.25) is 0 Å². The normalized spacial score (nSPS) is 10.4. The average molecular weight is 401 g/mol. The van der Waals surface area contributed by atoms with Crippen LogP contribution in [0.25, 0.3) is 11.3 Å². The monoisotopic (exact) mass is 401 g/mol. The standard InChI is InChI=1S/C18H15N3O4S2/c1-25-14-6-8-15(9-7-14)26-11-17(22)20-18-19-16(10-27-18)12-2-4-13(5-3-12)21(23)24/h2-10H,11H2,1H3,(H,19,20,22). The third-order valence-electron chi connectivity index (χ3n) is 3.55. The first kappa shape index (κ1) is 18.9. The van der Waals surface area contributed by atoms with E-state index in [2.05, 4.69) is 10.3 Å². The van der Waals surface area contributed by atoms with E-state index in [9.17, 15) is 14.9 Å². The number of nitrogens with one attached hydrogen (secondary N) is 1. The highest BCUT2D eigenvalue weighted by Crippen LogP contribution is 2.27. The number of carbonyl (C=O) groups excluding carboxylic acids is 1. The first-order valence-electron chi connectivity index (χ1n) is 7.82. The van der Waals surface area contributed by atoms with Crippen molar-refractivity contribution in [1.82, 2.24) is 4.98 Å². The van der Waals surface area contributed by atoms with Crippen LogP contribution in [-0.4, -0.2) is 28.7 Å². The van der Waals surface area contributed by atoms with Gasteiger partial charge >= 0.3 is 0 Å². The number of carbonyl (C=O) groups is 1. The number of hydrogen-bond donors (Lipinski definition) is 1. The Kier molecular flexibility index (Phi) is 6.05. The molecule has 0 saturated carbocycles. The van der Waals surface area contributed by atoms with Crippen LogP contribution in [0.4, 0.5) is 10.8 Å². The molecule has 3 rings (SSSR count). The Hall–Kier alpha value is -2.91. The fourth-order valence-electron chi connectivity index (χ4n) is 2.19.